The van der Waals surface area contributed by atoms with Crippen molar-refractivity contribution in [1.82, 2.24) is 10.3 Å². The Balaban J connectivity index is 2.32. The number of nitrogens with one attached hydrogen (secondary N) is 1. The summed E-state index contributed by atoms with van der Waals surface area (Å²) in [6.45, 7) is 7.16. The second-order valence-corrected chi connectivity index (χ2v) is 5.28. The molecule has 0 bridgehead atoms. The first kappa shape index (κ1) is 14.5. The van der Waals surface area contributed by atoms with E-state index in [1.807, 2.05) is 19.2 Å². The molecule has 2 aromatic rings. The van der Waals surface area contributed by atoms with Gasteiger partial charge in [-0.15, -0.1) is 0 Å². The third-order valence-corrected chi connectivity index (χ3v) is 3.30. The van der Waals surface area contributed by atoms with Crippen LogP contribution in [0.1, 0.15) is 36.5 Å². The molecule has 1 heterocycles. The fourth-order valence-corrected chi connectivity index (χ4v) is 2.03. The first-order valence-corrected chi connectivity index (χ1v) is 6.98. The molecule has 0 unspecified atom stereocenters. The summed E-state index contributed by atoms with van der Waals surface area (Å²) in [7, 11) is 1.92. The van der Waals surface area contributed by atoms with Gasteiger partial charge in [-0.2, -0.15) is 0 Å². The van der Waals surface area contributed by atoms with E-state index in [4.69, 9.17) is 4.74 Å². The summed E-state index contributed by atoms with van der Waals surface area (Å²) in [4.78, 5) is 4.35. The lowest BCUT2D eigenvalue weighted by Gasteiger charge is -2.14. The molecule has 1 N–H and O–H groups in total. The Morgan fingerprint density at radius 2 is 2.05 bits per heavy atom. The van der Waals surface area contributed by atoms with Crippen LogP contribution >= 0.6 is 0 Å². The molecule has 0 spiro atoms. The van der Waals surface area contributed by atoms with E-state index in [-0.39, 0.29) is 0 Å². The number of ether oxygens (including phenoxy) is 1. The molecule has 0 aliphatic heterocycles. The van der Waals surface area contributed by atoms with Crippen molar-refractivity contribution >= 4 is 0 Å². The summed E-state index contributed by atoms with van der Waals surface area (Å²) in [5, 5.41) is 3.13. The van der Waals surface area contributed by atoms with Crippen LogP contribution in [0, 0.1) is 6.92 Å². The standard InChI is InChI=1S/C17H22N2O/c1-12(2)14-8-7-13(3)16(10-14)20-17-15(11-18-4)6-5-9-19-17/h5-10,12,18H,11H2,1-4H3. The molecule has 0 fully saturated rings. The van der Waals surface area contributed by atoms with Gasteiger partial charge in [0.1, 0.15) is 5.75 Å². The van der Waals surface area contributed by atoms with Crippen LogP contribution in [0.25, 0.3) is 0 Å². The van der Waals surface area contributed by atoms with Crippen LogP contribution in [0.3, 0.4) is 0 Å². The fourth-order valence-electron chi connectivity index (χ4n) is 2.03. The first-order valence-electron chi connectivity index (χ1n) is 6.98. The van der Waals surface area contributed by atoms with Gasteiger partial charge in [-0.25, -0.2) is 4.98 Å². The molecule has 0 aliphatic rings. The van der Waals surface area contributed by atoms with Crippen LogP contribution in [0.2, 0.25) is 0 Å². The van der Waals surface area contributed by atoms with Gasteiger partial charge in [-0.1, -0.05) is 32.0 Å². The van der Waals surface area contributed by atoms with E-state index in [1.54, 1.807) is 6.20 Å². The van der Waals surface area contributed by atoms with Gasteiger partial charge in [0.15, 0.2) is 0 Å². The van der Waals surface area contributed by atoms with E-state index < -0.39 is 0 Å². The number of hydrogen-bond donors (Lipinski definition) is 1. The summed E-state index contributed by atoms with van der Waals surface area (Å²) in [6, 6.07) is 10.3. The van der Waals surface area contributed by atoms with Gasteiger partial charge in [0.25, 0.3) is 0 Å². The smallest absolute Gasteiger partial charge is 0.223 e. The molecule has 0 radical (unpaired) electrons. The van der Waals surface area contributed by atoms with Crippen molar-refractivity contribution in [3.05, 3.63) is 53.2 Å². The highest BCUT2D eigenvalue weighted by atomic mass is 16.5. The number of pyridine rings is 1. The zero-order valence-electron chi connectivity index (χ0n) is 12.6. The Kier molecular flexibility index (Phi) is 4.74. The molecule has 3 nitrogen and oxygen atoms in total. The van der Waals surface area contributed by atoms with Crippen molar-refractivity contribution in [2.45, 2.75) is 33.2 Å². The van der Waals surface area contributed by atoms with Gasteiger partial charge in [0.2, 0.25) is 5.88 Å². The Morgan fingerprint density at radius 1 is 1.25 bits per heavy atom. The van der Waals surface area contributed by atoms with E-state index in [9.17, 15) is 0 Å². The molecule has 1 aromatic heterocycles. The van der Waals surface area contributed by atoms with Gasteiger partial charge < -0.3 is 10.1 Å². The van der Waals surface area contributed by atoms with Crippen molar-refractivity contribution in [3.63, 3.8) is 0 Å². The summed E-state index contributed by atoms with van der Waals surface area (Å²) in [6.07, 6.45) is 1.76. The summed E-state index contributed by atoms with van der Waals surface area (Å²) in [5.74, 6) is 2.04. The molecule has 0 aliphatic carbocycles. The van der Waals surface area contributed by atoms with Gasteiger partial charge in [0.05, 0.1) is 0 Å². The number of nitrogens with zero attached hydrogens (tertiary/aromatic N) is 1. The summed E-state index contributed by atoms with van der Waals surface area (Å²) >= 11 is 0. The van der Waals surface area contributed by atoms with Gasteiger partial charge >= 0.3 is 0 Å². The first-order chi connectivity index (χ1) is 9.61. The topological polar surface area (TPSA) is 34.2 Å². The average molecular weight is 270 g/mol. The Hall–Kier alpha value is -1.87. The lowest BCUT2D eigenvalue weighted by Crippen LogP contribution is -2.07. The zero-order valence-corrected chi connectivity index (χ0v) is 12.6. The van der Waals surface area contributed by atoms with E-state index in [0.717, 1.165) is 23.4 Å². The highest BCUT2D eigenvalue weighted by Crippen LogP contribution is 2.29. The van der Waals surface area contributed by atoms with Gasteiger partial charge in [0, 0.05) is 18.3 Å². The highest BCUT2D eigenvalue weighted by Gasteiger charge is 2.09. The molecule has 1 aromatic carbocycles. The minimum absolute atomic E-state index is 0.485. The molecule has 0 amide bonds. The second kappa shape index (κ2) is 6.53. The molecule has 0 saturated carbocycles. The maximum atomic E-state index is 6.03. The maximum Gasteiger partial charge on any atom is 0.223 e. The van der Waals surface area contributed by atoms with Crippen LogP contribution in [-0.4, -0.2) is 12.0 Å². The van der Waals surface area contributed by atoms with Crippen LogP contribution in [0.5, 0.6) is 11.6 Å². The normalized spacial score (nSPS) is 10.8. The van der Waals surface area contributed by atoms with Crippen LogP contribution in [-0.2, 0) is 6.54 Å². The quantitative estimate of drug-likeness (QED) is 0.891. The number of rotatable bonds is 5. The predicted octanol–water partition coefficient (Wildman–Crippen LogP) is 4.03. The summed E-state index contributed by atoms with van der Waals surface area (Å²) in [5.41, 5.74) is 3.46. The van der Waals surface area contributed by atoms with Gasteiger partial charge in [-0.3, -0.25) is 0 Å². The molecule has 106 valence electrons. The molecular formula is C17H22N2O. The molecule has 0 saturated heterocycles. The minimum Gasteiger partial charge on any atom is -0.438 e. The average Bonchev–Trinajstić information content (AvgIpc) is 2.43. The van der Waals surface area contributed by atoms with Crippen molar-refractivity contribution < 1.29 is 4.74 Å². The number of benzene rings is 1. The number of aromatic nitrogens is 1. The maximum absolute atomic E-state index is 6.03. The Morgan fingerprint density at radius 3 is 2.75 bits per heavy atom. The number of hydrogen-bond acceptors (Lipinski definition) is 3. The summed E-state index contributed by atoms with van der Waals surface area (Å²) < 4.78 is 6.03. The molecule has 0 atom stereocenters. The lowest BCUT2D eigenvalue weighted by atomic mass is 10.0. The fraction of sp³-hybridized carbons (Fsp3) is 0.353. The Labute approximate surface area is 121 Å². The second-order valence-electron chi connectivity index (χ2n) is 5.28. The van der Waals surface area contributed by atoms with Crippen LogP contribution in [0.4, 0.5) is 0 Å². The molecular weight excluding hydrogens is 248 g/mol. The van der Waals surface area contributed by atoms with Crippen molar-refractivity contribution in [2.24, 2.45) is 0 Å². The molecule has 2 rings (SSSR count). The number of aryl methyl sites for hydroxylation is 1. The SMILES string of the molecule is CNCc1cccnc1Oc1cc(C(C)C)ccc1C. The van der Waals surface area contributed by atoms with E-state index in [0.29, 0.717) is 11.8 Å². The van der Waals surface area contributed by atoms with Crippen molar-refractivity contribution in [3.8, 4) is 11.6 Å². The lowest BCUT2D eigenvalue weighted by molar-refractivity contribution is 0.450. The van der Waals surface area contributed by atoms with E-state index in [1.165, 1.54) is 5.56 Å². The largest absolute Gasteiger partial charge is 0.438 e. The molecule has 20 heavy (non-hydrogen) atoms. The van der Waals surface area contributed by atoms with Crippen LogP contribution < -0.4 is 10.1 Å². The minimum atomic E-state index is 0.485. The predicted molar refractivity (Wildman–Crippen MR) is 82.3 cm³/mol. The third-order valence-electron chi connectivity index (χ3n) is 3.30. The van der Waals surface area contributed by atoms with E-state index in [2.05, 4.69) is 49.3 Å². The van der Waals surface area contributed by atoms with E-state index >= 15 is 0 Å². The highest BCUT2D eigenvalue weighted by molar-refractivity contribution is 5.41. The van der Waals surface area contributed by atoms with Crippen LogP contribution in [0.15, 0.2) is 36.5 Å². The monoisotopic (exact) mass is 270 g/mol. The van der Waals surface area contributed by atoms with Crippen molar-refractivity contribution in [2.75, 3.05) is 7.05 Å². The third kappa shape index (κ3) is 3.36. The van der Waals surface area contributed by atoms with Crippen molar-refractivity contribution in [1.29, 1.82) is 0 Å². The zero-order chi connectivity index (χ0) is 14.5. The van der Waals surface area contributed by atoms with Gasteiger partial charge in [-0.05, 0) is 43.1 Å². The molecule has 3 heteroatoms. The Bertz CT molecular complexity index is 579.